The van der Waals surface area contributed by atoms with Gasteiger partial charge in [-0.2, -0.15) is 11.3 Å². The van der Waals surface area contributed by atoms with Crippen molar-refractivity contribution in [2.75, 3.05) is 19.7 Å². The highest BCUT2D eigenvalue weighted by atomic mass is 32.1. The Bertz CT molecular complexity index is 355. The summed E-state index contributed by atoms with van der Waals surface area (Å²) >= 11 is 1.71. The van der Waals surface area contributed by atoms with Crippen LogP contribution >= 0.6 is 11.3 Å². The summed E-state index contributed by atoms with van der Waals surface area (Å²) in [6.07, 6.45) is 2.41. The molecule has 1 aliphatic rings. The van der Waals surface area contributed by atoms with E-state index in [-0.39, 0.29) is 12.0 Å². The van der Waals surface area contributed by atoms with Crippen molar-refractivity contribution in [2.24, 2.45) is 5.41 Å². The van der Waals surface area contributed by atoms with Gasteiger partial charge in [-0.05, 0) is 41.8 Å². The molecule has 1 aliphatic heterocycles. The highest BCUT2D eigenvalue weighted by Crippen LogP contribution is 2.36. The molecule has 18 heavy (non-hydrogen) atoms. The standard InChI is InChI=1S/C14H23NO2S/c1-2-4-14(11-16)5-6-15(9-13(14)17)8-12-3-7-18-10-12/h3,7,10,13,16-17H,2,4-6,8-9,11H2,1H3/t13-,14-/m1/s1. The van der Waals surface area contributed by atoms with Crippen LogP contribution in [-0.2, 0) is 6.54 Å². The van der Waals surface area contributed by atoms with Crippen LogP contribution in [0.1, 0.15) is 31.7 Å². The van der Waals surface area contributed by atoms with Crippen molar-refractivity contribution in [1.29, 1.82) is 0 Å². The van der Waals surface area contributed by atoms with Crippen LogP contribution in [-0.4, -0.2) is 40.9 Å². The first-order valence-electron chi connectivity index (χ1n) is 6.72. The monoisotopic (exact) mass is 269 g/mol. The molecular weight excluding hydrogens is 246 g/mol. The van der Waals surface area contributed by atoms with E-state index < -0.39 is 6.10 Å². The summed E-state index contributed by atoms with van der Waals surface area (Å²) in [5.41, 5.74) is 1.05. The molecule has 0 amide bonds. The number of thiophene rings is 1. The van der Waals surface area contributed by atoms with E-state index in [9.17, 15) is 10.2 Å². The van der Waals surface area contributed by atoms with Crippen LogP contribution in [0.4, 0.5) is 0 Å². The molecule has 1 saturated heterocycles. The van der Waals surface area contributed by atoms with E-state index in [2.05, 4.69) is 28.7 Å². The number of piperidine rings is 1. The van der Waals surface area contributed by atoms with Crippen molar-refractivity contribution in [3.8, 4) is 0 Å². The Hall–Kier alpha value is -0.420. The molecule has 2 rings (SSSR count). The van der Waals surface area contributed by atoms with E-state index in [1.807, 2.05) is 0 Å². The van der Waals surface area contributed by atoms with E-state index in [1.54, 1.807) is 11.3 Å². The van der Waals surface area contributed by atoms with Crippen molar-refractivity contribution >= 4 is 11.3 Å². The molecule has 0 unspecified atom stereocenters. The van der Waals surface area contributed by atoms with E-state index in [1.165, 1.54) is 5.56 Å². The van der Waals surface area contributed by atoms with Gasteiger partial charge in [0.1, 0.15) is 0 Å². The third kappa shape index (κ3) is 2.94. The number of hydrogen-bond donors (Lipinski definition) is 2. The fourth-order valence-electron chi connectivity index (χ4n) is 2.91. The third-order valence-corrected chi connectivity index (χ3v) is 4.85. The molecule has 0 saturated carbocycles. The van der Waals surface area contributed by atoms with Gasteiger partial charge in [-0.25, -0.2) is 0 Å². The zero-order valence-electron chi connectivity index (χ0n) is 11.0. The van der Waals surface area contributed by atoms with E-state index in [0.717, 1.165) is 32.4 Å². The molecule has 1 fully saturated rings. The molecule has 0 aliphatic carbocycles. The van der Waals surface area contributed by atoms with Gasteiger partial charge in [0.05, 0.1) is 12.7 Å². The lowest BCUT2D eigenvalue weighted by Gasteiger charge is -2.44. The van der Waals surface area contributed by atoms with Crippen molar-refractivity contribution in [2.45, 2.75) is 38.8 Å². The minimum Gasteiger partial charge on any atom is -0.396 e. The number of aliphatic hydroxyl groups is 2. The molecule has 4 heteroatoms. The normalized spacial score (nSPS) is 29.6. The first kappa shape index (κ1) is 14.0. The van der Waals surface area contributed by atoms with Crippen molar-refractivity contribution in [1.82, 2.24) is 4.90 Å². The first-order chi connectivity index (χ1) is 8.70. The van der Waals surface area contributed by atoms with Gasteiger partial charge in [0.25, 0.3) is 0 Å². The minimum absolute atomic E-state index is 0.105. The van der Waals surface area contributed by atoms with E-state index in [4.69, 9.17) is 0 Å². The van der Waals surface area contributed by atoms with Crippen LogP contribution in [0.25, 0.3) is 0 Å². The van der Waals surface area contributed by atoms with Crippen LogP contribution < -0.4 is 0 Å². The maximum absolute atomic E-state index is 10.4. The number of hydrogen-bond acceptors (Lipinski definition) is 4. The molecule has 2 atom stereocenters. The maximum Gasteiger partial charge on any atom is 0.0745 e. The number of rotatable bonds is 5. The summed E-state index contributed by atoms with van der Waals surface area (Å²) < 4.78 is 0. The Labute approximate surface area is 113 Å². The maximum atomic E-state index is 10.4. The number of likely N-dealkylation sites (tertiary alicyclic amines) is 1. The van der Waals surface area contributed by atoms with Crippen LogP contribution in [0.5, 0.6) is 0 Å². The van der Waals surface area contributed by atoms with Gasteiger partial charge in [0.2, 0.25) is 0 Å². The molecule has 2 heterocycles. The summed E-state index contributed by atoms with van der Waals surface area (Å²) in [5.74, 6) is 0. The van der Waals surface area contributed by atoms with E-state index >= 15 is 0 Å². The van der Waals surface area contributed by atoms with Crippen molar-refractivity contribution in [3.05, 3.63) is 22.4 Å². The second-order valence-electron chi connectivity index (χ2n) is 5.40. The number of nitrogens with zero attached hydrogens (tertiary/aromatic N) is 1. The predicted molar refractivity (Wildman–Crippen MR) is 74.6 cm³/mol. The molecule has 0 radical (unpaired) electrons. The van der Waals surface area contributed by atoms with Gasteiger partial charge in [0, 0.05) is 18.5 Å². The molecule has 0 spiro atoms. The molecule has 0 aromatic carbocycles. The van der Waals surface area contributed by atoms with Crippen molar-refractivity contribution < 1.29 is 10.2 Å². The summed E-state index contributed by atoms with van der Waals surface area (Å²) in [6.45, 7) is 4.77. The van der Waals surface area contributed by atoms with Gasteiger partial charge >= 0.3 is 0 Å². The Kier molecular flexibility index (Phi) is 4.78. The Morgan fingerprint density at radius 3 is 2.94 bits per heavy atom. The average molecular weight is 269 g/mol. The summed E-state index contributed by atoms with van der Waals surface area (Å²) in [5, 5.41) is 24.2. The number of aliphatic hydroxyl groups excluding tert-OH is 2. The third-order valence-electron chi connectivity index (χ3n) is 4.11. The molecular formula is C14H23NO2S. The van der Waals surface area contributed by atoms with Crippen LogP contribution in [0.15, 0.2) is 16.8 Å². The molecule has 3 nitrogen and oxygen atoms in total. The Balaban J connectivity index is 1.94. The molecule has 1 aromatic heterocycles. The van der Waals surface area contributed by atoms with Gasteiger partial charge in [-0.3, -0.25) is 4.90 Å². The largest absolute Gasteiger partial charge is 0.396 e. The lowest BCUT2D eigenvalue weighted by Crippen LogP contribution is -2.52. The second-order valence-corrected chi connectivity index (χ2v) is 6.18. The summed E-state index contributed by atoms with van der Waals surface area (Å²) in [7, 11) is 0. The van der Waals surface area contributed by atoms with Gasteiger partial charge < -0.3 is 10.2 Å². The summed E-state index contributed by atoms with van der Waals surface area (Å²) in [4.78, 5) is 2.29. The fraction of sp³-hybridized carbons (Fsp3) is 0.714. The molecule has 1 aromatic rings. The van der Waals surface area contributed by atoms with Crippen molar-refractivity contribution in [3.63, 3.8) is 0 Å². The summed E-state index contributed by atoms with van der Waals surface area (Å²) in [6, 6.07) is 2.14. The lowest BCUT2D eigenvalue weighted by molar-refractivity contribution is -0.0802. The zero-order chi connectivity index (χ0) is 13.0. The minimum atomic E-state index is -0.408. The van der Waals surface area contributed by atoms with Gasteiger partial charge in [-0.1, -0.05) is 13.3 Å². The lowest BCUT2D eigenvalue weighted by atomic mass is 9.73. The first-order valence-corrected chi connectivity index (χ1v) is 7.67. The van der Waals surface area contributed by atoms with E-state index in [0.29, 0.717) is 6.54 Å². The highest BCUT2D eigenvalue weighted by molar-refractivity contribution is 7.07. The second kappa shape index (κ2) is 6.15. The topological polar surface area (TPSA) is 43.7 Å². The highest BCUT2D eigenvalue weighted by Gasteiger charge is 2.40. The number of β-amino-alcohol motifs (C(OH)–C–C–N with tert-alkyl or cyclic N) is 1. The zero-order valence-corrected chi connectivity index (χ0v) is 11.8. The molecule has 0 bridgehead atoms. The smallest absolute Gasteiger partial charge is 0.0745 e. The van der Waals surface area contributed by atoms with Crippen LogP contribution in [0.3, 0.4) is 0 Å². The molecule has 2 N–H and O–H groups in total. The molecule has 102 valence electrons. The van der Waals surface area contributed by atoms with Crippen LogP contribution in [0, 0.1) is 5.41 Å². The fourth-order valence-corrected chi connectivity index (χ4v) is 3.57. The Morgan fingerprint density at radius 2 is 2.39 bits per heavy atom. The quantitative estimate of drug-likeness (QED) is 0.860. The SMILES string of the molecule is CCC[C@]1(CO)CCN(Cc2ccsc2)C[C@H]1O. The average Bonchev–Trinajstić information content (AvgIpc) is 2.86. The van der Waals surface area contributed by atoms with Crippen LogP contribution in [0.2, 0.25) is 0 Å². The van der Waals surface area contributed by atoms with Gasteiger partial charge in [-0.15, -0.1) is 0 Å². The Morgan fingerprint density at radius 1 is 1.56 bits per heavy atom. The van der Waals surface area contributed by atoms with Gasteiger partial charge in [0.15, 0.2) is 0 Å². The predicted octanol–water partition coefficient (Wildman–Crippen LogP) is 2.09.